The lowest BCUT2D eigenvalue weighted by atomic mass is 9.76. The largest absolute Gasteiger partial charge is 0.376 e. The van der Waals surface area contributed by atoms with Gasteiger partial charge >= 0.3 is 0 Å². The molecule has 0 spiro atoms. The van der Waals surface area contributed by atoms with Crippen LogP contribution in [0.3, 0.4) is 0 Å². The van der Waals surface area contributed by atoms with Crippen molar-refractivity contribution in [1.82, 2.24) is 5.32 Å². The summed E-state index contributed by atoms with van der Waals surface area (Å²) in [5, 5.41) is 2.95. The Hall–Kier alpha value is -0.610. The Balaban J connectivity index is 1.65. The molecule has 0 aliphatic heterocycles. The van der Waals surface area contributed by atoms with E-state index in [1.807, 2.05) is 0 Å². The van der Waals surface area contributed by atoms with Crippen molar-refractivity contribution in [3.05, 3.63) is 0 Å². The summed E-state index contributed by atoms with van der Waals surface area (Å²) in [6.45, 7) is 3.38. The van der Waals surface area contributed by atoms with E-state index in [1.54, 1.807) is 0 Å². The van der Waals surface area contributed by atoms with E-state index < -0.39 is 5.54 Å². The molecule has 0 radical (unpaired) electrons. The van der Waals surface area contributed by atoms with Gasteiger partial charge in [0.15, 0.2) is 0 Å². The number of carbonyl (C=O) groups is 1. The topological polar surface area (TPSA) is 64.4 Å². The van der Waals surface area contributed by atoms with Crippen molar-refractivity contribution in [3.63, 3.8) is 0 Å². The van der Waals surface area contributed by atoms with Gasteiger partial charge in [0.1, 0.15) is 0 Å². The summed E-state index contributed by atoms with van der Waals surface area (Å²) in [5.41, 5.74) is 5.60. The highest BCUT2D eigenvalue weighted by Crippen LogP contribution is 2.30. The molecular formula is C15H28N2O2. The van der Waals surface area contributed by atoms with E-state index in [0.29, 0.717) is 25.2 Å². The fourth-order valence-electron chi connectivity index (χ4n) is 3.42. The number of hydrogen-bond donors (Lipinski definition) is 2. The molecule has 0 saturated heterocycles. The number of nitrogens with two attached hydrogens (primary N) is 1. The van der Waals surface area contributed by atoms with E-state index in [9.17, 15) is 4.79 Å². The summed E-state index contributed by atoms with van der Waals surface area (Å²) < 4.78 is 5.74. The average molecular weight is 268 g/mol. The van der Waals surface area contributed by atoms with Crippen molar-refractivity contribution >= 4 is 5.91 Å². The molecule has 4 heteroatoms. The second kappa shape index (κ2) is 6.71. The number of ether oxygens (including phenoxy) is 1. The summed E-state index contributed by atoms with van der Waals surface area (Å²) in [7, 11) is 0. The van der Waals surface area contributed by atoms with E-state index in [1.165, 1.54) is 32.1 Å². The summed E-state index contributed by atoms with van der Waals surface area (Å²) >= 11 is 0. The molecule has 19 heavy (non-hydrogen) atoms. The van der Waals surface area contributed by atoms with Crippen LogP contribution in [0.5, 0.6) is 0 Å². The Labute approximate surface area is 116 Å². The van der Waals surface area contributed by atoms with Crippen LogP contribution in [0, 0.1) is 5.92 Å². The van der Waals surface area contributed by atoms with Crippen molar-refractivity contribution in [3.8, 4) is 0 Å². The molecule has 4 nitrogen and oxygen atoms in total. The zero-order valence-electron chi connectivity index (χ0n) is 12.1. The molecule has 2 aliphatic carbocycles. The molecule has 2 atom stereocenters. The van der Waals surface area contributed by atoms with Crippen molar-refractivity contribution in [2.75, 3.05) is 13.2 Å². The minimum atomic E-state index is -0.648. The molecule has 1 amide bonds. The highest BCUT2D eigenvalue weighted by molar-refractivity contribution is 5.86. The third kappa shape index (κ3) is 4.18. The third-order valence-electron chi connectivity index (χ3n) is 4.53. The number of rotatable bonds is 5. The molecule has 0 heterocycles. The summed E-state index contributed by atoms with van der Waals surface area (Å²) in [6.07, 6.45) is 9.19. The minimum absolute atomic E-state index is 0.00840. The highest BCUT2D eigenvalue weighted by Gasteiger charge is 2.37. The van der Waals surface area contributed by atoms with Crippen LogP contribution in [-0.2, 0) is 9.53 Å². The first kappa shape index (κ1) is 14.8. The highest BCUT2D eigenvalue weighted by atomic mass is 16.5. The zero-order valence-corrected chi connectivity index (χ0v) is 12.1. The van der Waals surface area contributed by atoms with E-state index in [0.717, 1.165) is 19.3 Å². The van der Waals surface area contributed by atoms with Gasteiger partial charge in [-0.3, -0.25) is 4.79 Å². The Morgan fingerprint density at radius 2 is 2.05 bits per heavy atom. The molecule has 0 bridgehead atoms. The zero-order chi connectivity index (χ0) is 13.7. The fraction of sp³-hybridized carbons (Fsp3) is 0.933. The Morgan fingerprint density at radius 3 is 2.74 bits per heavy atom. The minimum Gasteiger partial charge on any atom is -0.376 e. The van der Waals surface area contributed by atoms with Gasteiger partial charge in [-0.15, -0.1) is 0 Å². The van der Waals surface area contributed by atoms with Crippen LogP contribution >= 0.6 is 0 Å². The second-order valence-corrected chi connectivity index (χ2v) is 6.39. The van der Waals surface area contributed by atoms with Crippen molar-refractivity contribution in [2.45, 2.75) is 69.9 Å². The van der Waals surface area contributed by atoms with Gasteiger partial charge in [0, 0.05) is 6.54 Å². The van der Waals surface area contributed by atoms with E-state index in [2.05, 4.69) is 12.2 Å². The first-order valence-corrected chi connectivity index (χ1v) is 7.79. The van der Waals surface area contributed by atoms with Crippen LogP contribution < -0.4 is 11.1 Å². The molecular weight excluding hydrogens is 240 g/mol. The van der Waals surface area contributed by atoms with Gasteiger partial charge in [-0.1, -0.05) is 32.6 Å². The molecule has 2 saturated carbocycles. The third-order valence-corrected chi connectivity index (χ3v) is 4.53. The Morgan fingerprint density at radius 1 is 1.32 bits per heavy atom. The quantitative estimate of drug-likeness (QED) is 0.749. The second-order valence-electron chi connectivity index (χ2n) is 6.39. The van der Waals surface area contributed by atoms with Crippen LogP contribution in [0.1, 0.15) is 58.3 Å². The summed E-state index contributed by atoms with van der Waals surface area (Å²) in [4.78, 5) is 12.2. The standard InChI is InChI=1S/C15H28N2O2/c1-12-5-4-8-15(16,11-12)14(18)17-9-10-19-13-6-2-3-7-13/h12-13H,2-11,16H2,1H3,(H,17,18). The first-order valence-electron chi connectivity index (χ1n) is 7.79. The smallest absolute Gasteiger partial charge is 0.240 e. The van der Waals surface area contributed by atoms with Crippen LogP contribution in [0.2, 0.25) is 0 Å². The lowest BCUT2D eigenvalue weighted by Crippen LogP contribution is -2.56. The molecule has 2 rings (SSSR count). The molecule has 2 aliphatic rings. The van der Waals surface area contributed by atoms with Crippen LogP contribution in [-0.4, -0.2) is 30.7 Å². The van der Waals surface area contributed by atoms with Crippen molar-refractivity contribution in [1.29, 1.82) is 0 Å². The molecule has 3 N–H and O–H groups in total. The number of carbonyl (C=O) groups excluding carboxylic acids is 1. The molecule has 110 valence electrons. The molecule has 2 fully saturated rings. The monoisotopic (exact) mass is 268 g/mol. The van der Waals surface area contributed by atoms with Gasteiger partial charge in [-0.25, -0.2) is 0 Å². The van der Waals surface area contributed by atoms with Gasteiger partial charge in [-0.2, -0.15) is 0 Å². The van der Waals surface area contributed by atoms with Gasteiger partial charge in [0.25, 0.3) is 0 Å². The van der Waals surface area contributed by atoms with E-state index in [4.69, 9.17) is 10.5 Å². The molecule has 0 aromatic carbocycles. The van der Waals surface area contributed by atoms with Crippen LogP contribution in [0.4, 0.5) is 0 Å². The number of hydrogen-bond acceptors (Lipinski definition) is 3. The Kier molecular flexibility index (Phi) is 5.22. The fourth-order valence-corrected chi connectivity index (χ4v) is 3.42. The maximum absolute atomic E-state index is 12.2. The van der Waals surface area contributed by atoms with Crippen molar-refractivity contribution in [2.24, 2.45) is 11.7 Å². The van der Waals surface area contributed by atoms with Crippen molar-refractivity contribution < 1.29 is 9.53 Å². The lowest BCUT2D eigenvalue weighted by Gasteiger charge is -2.35. The van der Waals surface area contributed by atoms with Crippen LogP contribution in [0.25, 0.3) is 0 Å². The van der Waals surface area contributed by atoms with Gasteiger partial charge < -0.3 is 15.8 Å². The van der Waals surface area contributed by atoms with Gasteiger partial charge in [-0.05, 0) is 31.6 Å². The first-order chi connectivity index (χ1) is 9.10. The normalized spacial score (nSPS) is 32.4. The predicted molar refractivity (Wildman–Crippen MR) is 75.8 cm³/mol. The average Bonchev–Trinajstić information content (AvgIpc) is 2.87. The number of nitrogens with one attached hydrogen (secondary N) is 1. The Bertz CT molecular complexity index is 303. The lowest BCUT2D eigenvalue weighted by molar-refractivity contribution is -0.128. The molecule has 2 unspecified atom stereocenters. The van der Waals surface area contributed by atoms with Gasteiger partial charge in [0.2, 0.25) is 5.91 Å². The number of amides is 1. The van der Waals surface area contributed by atoms with E-state index >= 15 is 0 Å². The summed E-state index contributed by atoms with van der Waals surface area (Å²) in [6, 6.07) is 0. The molecule has 0 aromatic rings. The van der Waals surface area contributed by atoms with E-state index in [-0.39, 0.29) is 5.91 Å². The predicted octanol–water partition coefficient (Wildman–Crippen LogP) is 1.97. The maximum Gasteiger partial charge on any atom is 0.240 e. The maximum atomic E-state index is 12.2. The molecule has 0 aromatic heterocycles. The SMILES string of the molecule is CC1CCCC(N)(C(=O)NCCOC2CCCC2)C1. The van der Waals surface area contributed by atoms with Crippen LogP contribution in [0.15, 0.2) is 0 Å². The van der Waals surface area contributed by atoms with Gasteiger partial charge in [0.05, 0.1) is 18.2 Å². The summed E-state index contributed by atoms with van der Waals surface area (Å²) in [5.74, 6) is 0.563.